The van der Waals surface area contributed by atoms with E-state index in [2.05, 4.69) is 10.3 Å². The van der Waals surface area contributed by atoms with Crippen LogP contribution in [-0.2, 0) is 6.54 Å². The van der Waals surface area contributed by atoms with E-state index in [-0.39, 0.29) is 5.91 Å². The predicted molar refractivity (Wildman–Crippen MR) is 89.9 cm³/mol. The molecule has 0 fully saturated rings. The van der Waals surface area contributed by atoms with Gasteiger partial charge in [0.05, 0.1) is 17.2 Å². The van der Waals surface area contributed by atoms with Crippen molar-refractivity contribution in [2.75, 3.05) is 0 Å². The summed E-state index contributed by atoms with van der Waals surface area (Å²) >= 11 is 1.59. The van der Waals surface area contributed by atoms with Crippen LogP contribution in [0.3, 0.4) is 0 Å². The number of thiazole rings is 1. The van der Waals surface area contributed by atoms with E-state index in [1.165, 1.54) is 0 Å². The van der Waals surface area contributed by atoms with Gasteiger partial charge in [-0.3, -0.25) is 4.79 Å². The number of amides is 1. The maximum atomic E-state index is 12.3. The van der Waals surface area contributed by atoms with Gasteiger partial charge in [-0.1, -0.05) is 42.5 Å². The van der Waals surface area contributed by atoms with Crippen molar-refractivity contribution in [3.05, 3.63) is 76.2 Å². The van der Waals surface area contributed by atoms with Crippen LogP contribution in [0.25, 0.3) is 11.1 Å². The molecule has 0 aliphatic rings. The maximum Gasteiger partial charge on any atom is 0.251 e. The summed E-state index contributed by atoms with van der Waals surface area (Å²) in [6.07, 6.45) is 0. The summed E-state index contributed by atoms with van der Waals surface area (Å²) in [6, 6.07) is 17.7. The smallest absolute Gasteiger partial charge is 0.251 e. The van der Waals surface area contributed by atoms with Gasteiger partial charge in [-0.2, -0.15) is 0 Å². The molecule has 1 heterocycles. The lowest BCUT2D eigenvalue weighted by molar-refractivity contribution is 0.0950. The normalized spacial score (nSPS) is 10.4. The lowest BCUT2D eigenvalue weighted by Gasteiger charge is -2.06. The summed E-state index contributed by atoms with van der Waals surface area (Å²) in [5.41, 5.74) is 3.70. The van der Waals surface area contributed by atoms with E-state index in [1.807, 2.05) is 66.9 Å². The van der Waals surface area contributed by atoms with Crippen LogP contribution in [0, 0.1) is 6.92 Å². The van der Waals surface area contributed by atoms with Crippen LogP contribution in [-0.4, -0.2) is 10.9 Å². The van der Waals surface area contributed by atoms with Gasteiger partial charge in [-0.15, -0.1) is 11.3 Å². The van der Waals surface area contributed by atoms with Crippen LogP contribution in [0.5, 0.6) is 0 Å². The number of nitrogens with zero attached hydrogens (tertiary/aromatic N) is 1. The molecule has 1 amide bonds. The molecule has 0 saturated heterocycles. The minimum atomic E-state index is -0.0802. The third kappa shape index (κ3) is 3.40. The zero-order chi connectivity index (χ0) is 15.4. The van der Waals surface area contributed by atoms with Gasteiger partial charge >= 0.3 is 0 Å². The Morgan fingerprint density at radius 3 is 2.59 bits per heavy atom. The van der Waals surface area contributed by atoms with Crippen molar-refractivity contribution in [3.63, 3.8) is 0 Å². The molecule has 3 nitrogen and oxygen atoms in total. The van der Waals surface area contributed by atoms with Crippen molar-refractivity contribution in [3.8, 4) is 11.1 Å². The summed E-state index contributed by atoms with van der Waals surface area (Å²) in [7, 11) is 0. The van der Waals surface area contributed by atoms with E-state index in [9.17, 15) is 4.79 Å². The molecule has 0 spiro atoms. The highest BCUT2D eigenvalue weighted by Gasteiger charge is 2.08. The van der Waals surface area contributed by atoms with Crippen LogP contribution in [0.4, 0.5) is 0 Å². The summed E-state index contributed by atoms with van der Waals surface area (Å²) in [4.78, 5) is 16.6. The van der Waals surface area contributed by atoms with Gasteiger partial charge in [0.2, 0.25) is 0 Å². The van der Waals surface area contributed by atoms with Crippen LogP contribution in [0.2, 0.25) is 0 Å². The Labute approximate surface area is 133 Å². The Balaban J connectivity index is 1.73. The second-order valence-electron chi connectivity index (χ2n) is 4.99. The van der Waals surface area contributed by atoms with Crippen molar-refractivity contribution < 1.29 is 4.79 Å². The second kappa shape index (κ2) is 6.54. The Morgan fingerprint density at radius 2 is 1.86 bits per heavy atom. The molecule has 4 heteroatoms. The monoisotopic (exact) mass is 308 g/mol. The van der Waals surface area contributed by atoms with Crippen molar-refractivity contribution in [2.24, 2.45) is 0 Å². The SMILES string of the molecule is Cc1nc(CNC(=O)c2cccc(-c3ccccc3)c2)cs1. The van der Waals surface area contributed by atoms with Crippen molar-refractivity contribution >= 4 is 17.2 Å². The quantitative estimate of drug-likeness (QED) is 0.790. The summed E-state index contributed by atoms with van der Waals surface area (Å²) in [6.45, 7) is 2.41. The summed E-state index contributed by atoms with van der Waals surface area (Å²) < 4.78 is 0. The lowest BCUT2D eigenvalue weighted by atomic mass is 10.0. The first-order valence-electron chi connectivity index (χ1n) is 7.07. The second-order valence-corrected chi connectivity index (χ2v) is 6.05. The van der Waals surface area contributed by atoms with E-state index < -0.39 is 0 Å². The highest BCUT2D eigenvalue weighted by Crippen LogP contribution is 2.20. The highest BCUT2D eigenvalue weighted by atomic mass is 32.1. The molecule has 22 heavy (non-hydrogen) atoms. The third-order valence-corrected chi connectivity index (χ3v) is 4.15. The molecule has 0 bridgehead atoms. The topological polar surface area (TPSA) is 42.0 Å². The Bertz CT molecular complexity index is 781. The molecule has 1 N–H and O–H groups in total. The minimum absolute atomic E-state index is 0.0802. The minimum Gasteiger partial charge on any atom is -0.346 e. The van der Waals surface area contributed by atoms with E-state index in [0.717, 1.165) is 21.8 Å². The molecule has 0 aliphatic heterocycles. The van der Waals surface area contributed by atoms with E-state index in [0.29, 0.717) is 12.1 Å². The van der Waals surface area contributed by atoms with E-state index in [1.54, 1.807) is 11.3 Å². The number of hydrogen-bond acceptors (Lipinski definition) is 3. The van der Waals surface area contributed by atoms with Crippen LogP contribution in [0.1, 0.15) is 21.1 Å². The lowest BCUT2D eigenvalue weighted by Crippen LogP contribution is -2.22. The molecule has 0 aliphatic carbocycles. The number of carbonyl (C=O) groups excluding carboxylic acids is 1. The van der Waals surface area contributed by atoms with Gasteiger partial charge in [0, 0.05) is 10.9 Å². The number of rotatable bonds is 4. The molecular formula is C18H16N2OS. The number of nitrogens with one attached hydrogen (secondary N) is 1. The van der Waals surface area contributed by atoms with Gasteiger partial charge in [-0.05, 0) is 30.2 Å². The first-order chi connectivity index (χ1) is 10.7. The molecule has 1 aromatic heterocycles. The fourth-order valence-electron chi connectivity index (χ4n) is 2.23. The van der Waals surface area contributed by atoms with Gasteiger partial charge in [0.15, 0.2) is 0 Å². The van der Waals surface area contributed by atoms with Crippen molar-refractivity contribution in [2.45, 2.75) is 13.5 Å². The zero-order valence-electron chi connectivity index (χ0n) is 12.2. The maximum absolute atomic E-state index is 12.3. The molecule has 110 valence electrons. The number of aromatic nitrogens is 1. The highest BCUT2D eigenvalue weighted by molar-refractivity contribution is 7.09. The molecule has 0 saturated carbocycles. The molecule has 0 atom stereocenters. The Kier molecular flexibility index (Phi) is 4.30. The van der Waals surface area contributed by atoms with Gasteiger partial charge in [-0.25, -0.2) is 4.98 Å². The predicted octanol–water partition coefficient (Wildman–Crippen LogP) is 4.05. The van der Waals surface area contributed by atoms with Gasteiger partial charge in [0.1, 0.15) is 0 Å². The molecule has 3 rings (SSSR count). The largest absolute Gasteiger partial charge is 0.346 e. The average molecular weight is 308 g/mol. The van der Waals surface area contributed by atoms with Crippen molar-refractivity contribution in [1.29, 1.82) is 0 Å². The standard InChI is InChI=1S/C18H16N2OS/c1-13-20-17(12-22-13)11-19-18(21)16-9-5-8-15(10-16)14-6-3-2-4-7-14/h2-10,12H,11H2,1H3,(H,19,21). The number of aryl methyl sites for hydroxylation is 1. The molecular weight excluding hydrogens is 292 g/mol. The van der Waals surface area contributed by atoms with Crippen LogP contribution in [0.15, 0.2) is 60.0 Å². The third-order valence-electron chi connectivity index (χ3n) is 3.33. The van der Waals surface area contributed by atoms with E-state index >= 15 is 0 Å². The molecule has 2 aromatic carbocycles. The molecule has 3 aromatic rings. The van der Waals surface area contributed by atoms with E-state index in [4.69, 9.17) is 0 Å². The Morgan fingerprint density at radius 1 is 1.09 bits per heavy atom. The summed E-state index contributed by atoms with van der Waals surface area (Å²) in [5.74, 6) is -0.0802. The average Bonchev–Trinajstić information content (AvgIpc) is 2.99. The Hall–Kier alpha value is -2.46. The number of benzene rings is 2. The van der Waals surface area contributed by atoms with Gasteiger partial charge < -0.3 is 5.32 Å². The first-order valence-corrected chi connectivity index (χ1v) is 7.95. The number of hydrogen-bond donors (Lipinski definition) is 1. The van der Waals surface area contributed by atoms with Crippen LogP contribution >= 0.6 is 11.3 Å². The fraction of sp³-hybridized carbons (Fsp3) is 0.111. The number of carbonyl (C=O) groups is 1. The molecule has 0 unspecified atom stereocenters. The fourth-order valence-corrected chi connectivity index (χ4v) is 2.85. The summed E-state index contributed by atoms with van der Waals surface area (Å²) in [5, 5.41) is 5.89. The van der Waals surface area contributed by atoms with Crippen LogP contribution < -0.4 is 5.32 Å². The molecule has 0 radical (unpaired) electrons. The van der Waals surface area contributed by atoms with Gasteiger partial charge in [0.25, 0.3) is 5.91 Å². The first kappa shape index (κ1) is 14.5. The zero-order valence-corrected chi connectivity index (χ0v) is 13.1. The van der Waals surface area contributed by atoms with Crippen molar-refractivity contribution in [1.82, 2.24) is 10.3 Å².